The second-order valence-corrected chi connectivity index (χ2v) is 14.1. The number of rotatable bonds is 7. The lowest BCUT2D eigenvalue weighted by molar-refractivity contribution is 0.505. The third-order valence-electron chi connectivity index (χ3n) is 10.2. The zero-order valence-electron chi connectivity index (χ0n) is 26.5. The van der Waals surface area contributed by atoms with Gasteiger partial charge in [-0.3, -0.25) is 9.98 Å². The quantitative estimate of drug-likeness (QED) is 0.302. The Morgan fingerprint density at radius 1 is 0.870 bits per heavy atom. The summed E-state index contributed by atoms with van der Waals surface area (Å²) >= 11 is 1.86. The molecule has 0 saturated carbocycles. The Morgan fingerprint density at radius 2 is 1.72 bits per heavy atom. The first-order chi connectivity index (χ1) is 22.7. The van der Waals surface area contributed by atoms with Crippen molar-refractivity contribution < 1.29 is 0 Å². The number of hydrogen-bond acceptors (Lipinski definition) is 5. The minimum absolute atomic E-state index is 0.0656. The van der Waals surface area contributed by atoms with Crippen LogP contribution in [0.25, 0.3) is 0 Å². The Bertz CT molecular complexity index is 1800. The molecule has 0 spiro atoms. The first-order valence-electron chi connectivity index (χ1n) is 17.0. The van der Waals surface area contributed by atoms with Gasteiger partial charge in [0.25, 0.3) is 0 Å². The van der Waals surface area contributed by atoms with Crippen molar-refractivity contribution >= 4 is 28.3 Å². The number of aliphatic imine (C=N–C) groups is 2. The highest BCUT2D eigenvalue weighted by Gasteiger charge is 2.34. The van der Waals surface area contributed by atoms with E-state index in [1.54, 1.807) is 5.57 Å². The number of nitrogens with zero attached hydrogens (tertiary/aromatic N) is 2. The number of hydrogen-bond donors (Lipinski definition) is 2. The van der Waals surface area contributed by atoms with Crippen LogP contribution in [0.3, 0.4) is 0 Å². The van der Waals surface area contributed by atoms with Crippen molar-refractivity contribution in [3.63, 3.8) is 0 Å². The van der Waals surface area contributed by atoms with Crippen LogP contribution in [0.2, 0.25) is 0 Å². The van der Waals surface area contributed by atoms with Gasteiger partial charge in [-0.25, -0.2) is 0 Å². The van der Waals surface area contributed by atoms with Crippen LogP contribution in [0.5, 0.6) is 0 Å². The maximum absolute atomic E-state index is 5.51. The van der Waals surface area contributed by atoms with Crippen molar-refractivity contribution in [2.45, 2.75) is 62.4 Å². The lowest BCUT2D eigenvalue weighted by Gasteiger charge is -2.35. The molecular weight excluding hydrogens is 581 g/mol. The van der Waals surface area contributed by atoms with E-state index in [4.69, 9.17) is 9.98 Å². The number of nitrogens with one attached hydrogen (secondary N) is 2. The molecule has 46 heavy (non-hydrogen) atoms. The van der Waals surface area contributed by atoms with Gasteiger partial charge < -0.3 is 10.6 Å². The van der Waals surface area contributed by atoms with E-state index in [2.05, 4.69) is 120 Å². The Balaban J connectivity index is 1.13. The SMILES string of the molecule is CNc1cccc(C2=NC(c3ccccc3C3CC(C4=CC=CCC4)NC(C4=CC(C5=C6CCC=CC6CC=C5)CC=C4)=N3)S2)c1. The Labute approximate surface area is 277 Å². The van der Waals surface area contributed by atoms with Crippen molar-refractivity contribution in [1.82, 2.24) is 5.32 Å². The van der Waals surface area contributed by atoms with Gasteiger partial charge in [0.2, 0.25) is 0 Å². The van der Waals surface area contributed by atoms with Gasteiger partial charge in [0, 0.05) is 35.7 Å². The van der Waals surface area contributed by atoms with Gasteiger partial charge in [0.1, 0.15) is 16.3 Å². The van der Waals surface area contributed by atoms with Crippen LogP contribution in [0.1, 0.15) is 73.1 Å². The summed E-state index contributed by atoms with van der Waals surface area (Å²) in [7, 11) is 1.96. The summed E-state index contributed by atoms with van der Waals surface area (Å²) in [6.07, 6.45) is 31.3. The number of allylic oxidation sites excluding steroid dienone is 11. The first kappa shape index (κ1) is 29.3. The van der Waals surface area contributed by atoms with Crippen molar-refractivity contribution in [2.24, 2.45) is 21.8 Å². The second kappa shape index (κ2) is 13.0. The van der Waals surface area contributed by atoms with Crippen LogP contribution in [0, 0.1) is 11.8 Å². The topological polar surface area (TPSA) is 48.8 Å². The summed E-state index contributed by atoms with van der Waals surface area (Å²) in [4.78, 5) is 10.6. The number of anilines is 1. The van der Waals surface area contributed by atoms with E-state index in [9.17, 15) is 0 Å². The van der Waals surface area contributed by atoms with Gasteiger partial charge in [-0.15, -0.1) is 0 Å². The molecule has 2 heterocycles. The fraction of sp³-hybridized carbons (Fsp3) is 0.317. The highest BCUT2D eigenvalue weighted by atomic mass is 32.2. The van der Waals surface area contributed by atoms with E-state index < -0.39 is 0 Å². The Hall–Kier alpha value is -4.09. The first-order valence-corrected chi connectivity index (χ1v) is 17.9. The molecule has 2 aliphatic heterocycles. The summed E-state index contributed by atoms with van der Waals surface area (Å²) in [6.45, 7) is 0. The fourth-order valence-electron chi connectivity index (χ4n) is 7.79. The predicted octanol–water partition coefficient (Wildman–Crippen LogP) is 9.72. The average molecular weight is 623 g/mol. The van der Waals surface area contributed by atoms with Crippen molar-refractivity contribution in [2.75, 3.05) is 12.4 Å². The van der Waals surface area contributed by atoms with Gasteiger partial charge >= 0.3 is 0 Å². The maximum atomic E-state index is 5.51. The molecular formula is C41H42N4S. The second-order valence-electron chi connectivity index (χ2n) is 13.1. The van der Waals surface area contributed by atoms with Crippen LogP contribution in [0.15, 0.2) is 142 Å². The van der Waals surface area contributed by atoms with Gasteiger partial charge in [0.05, 0.1) is 12.1 Å². The zero-order valence-corrected chi connectivity index (χ0v) is 27.3. The monoisotopic (exact) mass is 622 g/mol. The number of thioether (sulfide) groups is 1. The van der Waals surface area contributed by atoms with Gasteiger partial charge in [0.15, 0.2) is 0 Å². The fourth-order valence-corrected chi connectivity index (χ4v) is 8.77. The number of fused-ring (bicyclic) bond motifs is 1. The molecule has 0 aromatic heterocycles. The van der Waals surface area contributed by atoms with Crippen molar-refractivity contribution in [3.8, 4) is 0 Å². The lowest BCUT2D eigenvalue weighted by atomic mass is 9.75. The third kappa shape index (κ3) is 5.82. The molecule has 0 fully saturated rings. The van der Waals surface area contributed by atoms with E-state index in [1.165, 1.54) is 39.8 Å². The molecule has 232 valence electrons. The molecule has 4 nitrogen and oxygen atoms in total. The summed E-state index contributed by atoms with van der Waals surface area (Å²) < 4.78 is 0. The largest absolute Gasteiger partial charge is 0.388 e. The van der Waals surface area contributed by atoms with Crippen molar-refractivity contribution in [3.05, 3.63) is 148 Å². The molecule has 0 amide bonds. The van der Waals surface area contributed by atoms with Crippen LogP contribution >= 0.6 is 11.8 Å². The molecule has 5 heteroatoms. The molecule has 5 unspecified atom stereocenters. The van der Waals surface area contributed by atoms with E-state index in [0.717, 1.165) is 55.1 Å². The molecule has 4 aliphatic carbocycles. The maximum Gasteiger partial charge on any atom is 0.129 e. The molecule has 2 aromatic carbocycles. The Kier molecular flexibility index (Phi) is 8.26. The van der Waals surface area contributed by atoms with Crippen LogP contribution in [-0.2, 0) is 0 Å². The molecule has 0 saturated heterocycles. The van der Waals surface area contributed by atoms with Crippen LogP contribution in [0.4, 0.5) is 5.69 Å². The van der Waals surface area contributed by atoms with E-state index >= 15 is 0 Å². The van der Waals surface area contributed by atoms with Gasteiger partial charge in [-0.05, 0) is 79.4 Å². The summed E-state index contributed by atoms with van der Waals surface area (Å²) in [6, 6.07) is 17.7. The average Bonchev–Trinajstić information content (AvgIpc) is 3.11. The van der Waals surface area contributed by atoms with Gasteiger partial charge in [-0.2, -0.15) is 0 Å². The summed E-state index contributed by atoms with van der Waals surface area (Å²) in [5, 5.41) is 8.38. The molecule has 6 aliphatic rings. The highest BCUT2D eigenvalue weighted by Crippen LogP contribution is 2.47. The minimum Gasteiger partial charge on any atom is -0.388 e. The number of benzene rings is 2. The van der Waals surface area contributed by atoms with Crippen molar-refractivity contribution in [1.29, 1.82) is 0 Å². The molecule has 8 rings (SSSR count). The van der Waals surface area contributed by atoms with Crippen LogP contribution < -0.4 is 10.6 Å². The molecule has 2 N–H and O–H groups in total. The minimum atomic E-state index is 0.0656. The zero-order chi connectivity index (χ0) is 30.9. The molecule has 0 radical (unpaired) electrons. The smallest absolute Gasteiger partial charge is 0.129 e. The third-order valence-corrected chi connectivity index (χ3v) is 11.4. The normalized spacial score (nSPS) is 28.3. The summed E-state index contributed by atoms with van der Waals surface area (Å²) in [5.74, 6) is 2.01. The van der Waals surface area contributed by atoms with Crippen LogP contribution in [-0.4, -0.2) is 24.0 Å². The standard InChI is InChI=1S/C41H42N4S/c1-42-32-19-10-18-31(25-32)40-45-41(46-40)36-22-8-7-21-35(36)38-26-37(28-13-3-2-4-14-28)43-39(44-38)30-17-9-16-29(24-30)34-23-11-15-27-12-5-6-20-33(27)34/h2-3,5,7-13,17-19,21-25,27,29,37-38,41-42H,4,6,14-16,20,26H2,1H3,(H,43,44). The number of amidine groups is 1. The van der Waals surface area contributed by atoms with E-state index in [1.807, 2.05) is 18.8 Å². The van der Waals surface area contributed by atoms with E-state index in [0.29, 0.717) is 11.8 Å². The lowest BCUT2D eigenvalue weighted by Crippen LogP contribution is -2.42. The highest BCUT2D eigenvalue weighted by molar-refractivity contribution is 8.16. The Morgan fingerprint density at radius 3 is 2.59 bits per heavy atom. The molecule has 2 aromatic rings. The van der Waals surface area contributed by atoms with E-state index in [-0.39, 0.29) is 17.5 Å². The van der Waals surface area contributed by atoms with Gasteiger partial charge in [-0.1, -0.05) is 114 Å². The molecule has 5 atom stereocenters. The predicted molar refractivity (Wildman–Crippen MR) is 195 cm³/mol. The molecule has 0 bridgehead atoms. The summed E-state index contributed by atoms with van der Waals surface area (Å²) in [5.41, 5.74) is 10.8.